The molecule has 0 atom stereocenters. The largest absolute Gasteiger partial charge is 0.306 e. The molecule has 3 aromatic rings. The second-order valence-electron chi connectivity index (χ2n) is 7.74. The van der Waals surface area contributed by atoms with Gasteiger partial charge in [-0.25, -0.2) is 15.0 Å². The maximum absolute atomic E-state index is 4.95. The highest BCUT2D eigenvalue weighted by Crippen LogP contribution is 2.27. The summed E-state index contributed by atoms with van der Waals surface area (Å²) in [6.45, 7) is 6.42. The predicted molar refractivity (Wildman–Crippen MR) is 113 cm³/mol. The average Bonchev–Trinajstić information content (AvgIpc) is 2.71. The molecule has 28 heavy (non-hydrogen) atoms. The van der Waals surface area contributed by atoms with Gasteiger partial charge in [-0.3, -0.25) is 4.98 Å². The zero-order valence-electron chi connectivity index (χ0n) is 16.9. The maximum atomic E-state index is 4.95. The number of aryl methyl sites for hydroxylation is 1. The van der Waals surface area contributed by atoms with Crippen molar-refractivity contribution in [3.8, 4) is 0 Å². The summed E-state index contributed by atoms with van der Waals surface area (Å²) in [6, 6.07) is 6.30. The summed E-state index contributed by atoms with van der Waals surface area (Å²) in [5.41, 5.74) is 7.27. The van der Waals surface area contributed by atoms with E-state index >= 15 is 0 Å². The van der Waals surface area contributed by atoms with Crippen molar-refractivity contribution in [2.75, 3.05) is 20.1 Å². The van der Waals surface area contributed by atoms with E-state index in [2.05, 4.69) is 51.2 Å². The normalized spacial score (nSPS) is 16.6. The minimum absolute atomic E-state index is 0.710. The molecule has 0 bridgehead atoms. The van der Waals surface area contributed by atoms with Gasteiger partial charge in [-0.05, 0) is 82.4 Å². The molecule has 144 valence electrons. The maximum Gasteiger partial charge on any atom is 0.115 e. The quantitative estimate of drug-likeness (QED) is 0.690. The van der Waals surface area contributed by atoms with Gasteiger partial charge in [-0.1, -0.05) is 12.1 Å². The summed E-state index contributed by atoms with van der Waals surface area (Å²) < 4.78 is 0. The lowest BCUT2D eigenvalue weighted by atomic mass is 9.92. The molecule has 0 radical (unpaired) electrons. The van der Waals surface area contributed by atoms with Crippen LogP contribution in [0.25, 0.3) is 16.6 Å². The van der Waals surface area contributed by atoms with Crippen LogP contribution in [0.1, 0.15) is 42.3 Å². The van der Waals surface area contributed by atoms with Crippen molar-refractivity contribution >= 4 is 16.6 Å². The van der Waals surface area contributed by atoms with E-state index < -0.39 is 0 Å². The molecule has 1 fully saturated rings. The number of likely N-dealkylation sites (tertiary alicyclic amines) is 1. The van der Waals surface area contributed by atoms with Crippen molar-refractivity contribution in [2.24, 2.45) is 5.92 Å². The van der Waals surface area contributed by atoms with Crippen LogP contribution in [0.15, 0.2) is 43.0 Å². The molecule has 0 aliphatic carbocycles. The van der Waals surface area contributed by atoms with Crippen LogP contribution in [0.5, 0.6) is 0 Å². The van der Waals surface area contributed by atoms with Crippen molar-refractivity contribution in [3.05, 3.63) is 65.5 Å². The summed E-state index contributed by atoms with van der Waals surface area (Å²) >= 11 is 0. The zero-order valence-corrected chi connectivity index (χ0v) is 16.9. The average molecular weight is 374 g/mol. The highest BCUT2D eigenvalue weighted by Gasteiger charge is 2.18. The molecular formula is C23H27N5. The third-order valence-electron chi connectivity index (χ3n) is 5.73. The van der Waals surface area contributed by atoms with Gasteiger partial charge in [0.2, 0.25) is 0 Å². The molecule has 1 aliphatic heterocycles. The highest BCUT2D eigenvalue weighted by atomic mass is 15.1. The molecule has 0 amide bonds. The fourth-order valence-electron chi connectivity index (χ4n) is 4.01. The van der Waals surface area contributed by atoms with Gasteiger partial charge in [0.05, 0.1) is 16.7 Å². The number of hydrogen-bond acceptors (Lipinski definition) is 5. The fraction of sp³-hybridized carbons (Fsp3) is 0.391. The number of nitrogens with zero attached hydrogens (tertiary/aromatic N) is 5. The summed E-state index contributed by atoms with van der Waals surface area (Å²) in [6.07, 6.45) is 11.0. The summed E-state index contributed by atoms with van der Waals surface area (Å²) in [7, 11) is 2.20. The molecule has 2 aromatic heterocycles. The van der Waals surface area contributed by atoms with Crippen molar-refractivity contribution < 1.29 is 0 Å². The lowest BCUT2D eigenvalue weighted by Gasteiger charge is -2.28. The number of aromatic nitrogens is 4. The number of piperidine rings is 1. The SMILES string of the molecule is C/C=C(/c1ccc2ncc(CC3CCN(C)CC3)nc2c1)c1cncnc1C. The van der Waals surface area contributed by atoms with Crippen LogP contribution in [-0.2, 0) is 6.42 Å². The van der Waals surface area contributed by atoms with Gasteiger partial charge in [0.25, 0.3) is 0 Å². The van der Waals surface area contributed by atoms with Crippen molar-refractivity contribution in [1.82, 2.24) is 24.8 Å². The Labute approximate surface area is 166 Å². The molecule has 3 heterocycles. The van der Waals surface area contributed by atoms with Crippen LogP contribution in [0.3, 0.4) is 0 Å². The van der Waals surface area contributed by atoms with Gasteiger partial charge in [0.1, 0.15) is 6.33 Å². The third-order valence-corrected chi connectivity index (χ3v) is 5.73. The molecule has 1 aliphatic rings. The third kappa shape index (κ3) is 3.94. The van der Waals surface area contributed by atoms with Crippen molar-refractivity contribution in [3.63, 3.8) is 0 Å². The van der Waals surface area contributed by atoms with E-state index in [4.69, 9.17) is 4.98 Å². The Hall–Kier alpha value is -2.66. The van der Waals surface area contributed by atoms with Crippen LogP contribution in [-0.4, -0.2) is 45.0 Å². The standard InChI is InChI=1S/C23H27N5/c1-4-20(21-14-24-15-26-16(21)2)18-5-6-22-23(12-18)27-19(13-25-22)11-17-7-9-28(3)10-8-17/h4-6,12-15,17H,7-11H2,1-3H3/b20-4-. The first kappa shape index (κ1) is 18.7. The first-order valence-corrected chi connectivity index (χ1v) is 10.0. The van der Waals surface area contributed by atoms with E-state index in [1.54, 1.807) is 6.33 Å². The number of rotatable bonds is 4. The summed E-state index contributed by atoms with van der Waals surface area (Å²) in [5.74, 6) is 0.710. The molecule has 0 N–H and O–H groups in total. The molecule has 4 rings (SSSR count). The van der Waals surface area contributed by atoms with Gasteiger partial charge < -0.3 is 4.90 Å². The van der Waals surface area contributed by atoms with Crippen LogP contribution in [0, 0.1) is 12.8 Å². The van der Waals surface area contributed by atoms with E-state index in [9.17, 15) is 0 Å². The van der Waals surface area contributed by atoms with Gasteiger partial charge in [0, 0.05) is 23.7 Å². The Kier molecular flexibility index (Phi) is 5.44. The fourth-order valence-corrected chi connectivity index (χ4v) is 4.01. The van der Waals surface area contributed by atoms with E-state index in [0.717, 1.165) is 45.5 Å². The topological polar surface area (TPSA) is 54.8 Å². The van der Waals surface area contributed by atoms with Crippen LogP contribution in [0.2, 0.25) is 0 Å². The van der Waals surface area contributed by atoms with Crippen molar-refractivity contribution in [1.29, 1.82) is 0 Å². The van der Waals surface area contributed by atoms with Gasteiger partial charge >= 0.3 is 0 Å². The second-order valence-corrected chi connectivity index (χ2v) is 7.74. The lowest BCUT2D eigenvalue weighted by Crippen LogP contribution is -2.31. The Morgan fingerprint density at radius 1 is 1.14 bits per heavy atom. The minimum Gasteiger partial charge on any atom is -0.306 e. The first-order chi connectivity index (χ1) is 13.6. The van der Waals surface area contributed by atoms with E-state index in [0.29, 0.717) is 5.92 Å². The molecule has 0 saturated carbocycles. The molecule has 0 spiro atoms. The molecule has 5 heteroatoms. The number of hydrogen-bond donors (Lipinski definition) is 0. The second kappa shape index (κ2) is 8.15. The molecule has 1 aromatic carbocycles. The van der Waals surface area contributed by atoms with E-state index in [1.165, 1.54) is 25.9 Å². The predicted octanol–water partition coefficient (Wildman–Crippen LogP) is 4.06. The van der Waals surface area contributed by atoms with Crippen LogP contribution < -0.4 is 0 Å². The number of fused-ring (bicyclic) bond motifs is 1. The van der Waals surface area contributed by atoms with Crippen LogP contribution >= 0.6 is 0 Å². The van der Waals surface area contributed by atoms with Gasteiger partial charge in [0.15, 0.2) is 0 Å². The molecular weight excluding hydrogens is 346 g/mol. The smallest absolute Gasteiger partial charge is 0.115 e. The van der Waals surface area contributed by atoms with Crippen molar-refractivity contribution in [2.45, 2.75) is 33.1 Å². The summed E-state index contributed by atoms with van der Waals surface area (Å²) in [4.78, 5) is 20.6. The Bertz CT molecular complexity index is 1000. The zero-order chi connectivity index (χ0) is 19.5. The van der Waals surface area contributed by atoms with Gasteiger partial charge in [-0.15, -0.1) is 0 Å². The van der Waals surface area contributed by atoms with Crippen LogP contribution in [0.4, 0.5) is 0 Å². The molecule has 0 unspecified atom stereocenters. The lowest BCUT2D eigenvalue weighted by molar-refractivity contribution is 0.218. The van der Waals surface area contributed by atoms with E-state index in [1.807, 2.05) is 26.2 Å². The Morgan fingerprint density at radius 2 is 1.96 bits per heavy atom. The highest BCUT2D eigenvalue weighted by molar-refractivity contribution is 5.86. The number of allylic oxidation sites excluding steroid dienone is 1. The van der Waals surface area contributed by atoms with Gasteiger partial charge in [-0.2, -0.15) is 0 Å². The Morgan fingerprint density at radius 3 is 2.71 bits per heavy atom. The van der Waals surface area contributed by atoms with E-state index in [-0.39, 0.29) is 0 Å². The first-order valence-electron chi connectivity index (χ1n) is 10.0. The number of benzene rings is 1. The Balaban J connectivity index is 1.63. The summed E-state index contributed by atoms with van der Waals surface area (Å²) in [5, 5.41) is 0. The monoisotopic (exact) mass is 373 g/mol. The molecule has 5 nitrogen and oxygen atoms in total. The minimum atomic E-state index is 0.710. The molecule has 1 saturated heterocycles.